The van der Waals surface area contributed by atoms with Crippen molar-refractivity contribution in [3.63, 3.8) is 0 Å². The average molecular weight is 411 g/mol. The van der Waals surface area contributed by atoms with E-state index in [1.54, 1.807) is 16.3 Å². The maximum Gasteiger partial charge on any atom is 0.253 e. The maximum atomic E-state index is 13.0. The van der Waals surface area contributed by atoms with Gasteiger partial charge in [0.1, 0.15) is 10.0 Å². The van der Waals surface area contributed by atoms with Crippen LogP contribution in [0.3, 0.4) is 0 Å². The fourth-order valence-corrected chi connectivity index (χ4v) is 4.70. The standard InChI is InChI=1S/C17H18FN3O4S2/c18-14-5-3-13(4-6-14)17(23)21-9-7-20(8-10-21)15(22)12-19-27(24,25)16-2-1-11-26-16/h1-6,11,19H,7-10,12H2. The summed E-state index contributed by atoms with van der Waals surface area (Å²) in [7, 11) is -3.69. The van der Waals surface area contributed by atoms with Crippen molar-refractivity contribution >= 4 is 33.2 Å². The van der Waals surface area contributed by atoms with Gasteiger partial charge >= 0.3 is 0 Å². The van der Waals surface area contributed by atoms with Gasteiger partial charge in [0, 0.05) is 31.7 Å². The van der Waals surface area contributed by atoms with Gasteiger partial charge in [-0.05, 0) is 35.7 Å². The predicted molar refractivity (Wildman–Crippen MR) is 98.4 cm³/mol. The van der Waals surface area contributed by atoms with E-state index in [1.165, 1.54) is 35.2 Å². The molecular formula is C17H18FN3O4S2. The van der Waals surface area contributed by atoms with Crippen LogP contribution < -0.4 is 4.72 Å². The lowest BCUT2D eigenvalue weighted by Gasteiger charge is -2.34. The number of hydrogen-bond donors (Lipinski definition) is 1. The fraction of sp³-hybridized carbons (Fsp3) is 0.294. The highest BCUT2D eigenvalue weighted by molar-refractivity contribution is 7.91. The number of thiophene rings is 1. The first-order valence-electron chi connectivity index (χ1n) is 8.22. The van der Waals surface area contributed by atoms with Gasteiger partial charge < -0.3 is 9.80 Å². The number of amides is 2. The lowest BCUT2D eigenvalue weighted by molar-refractivity contribution is -0.131. The number of sulfonamides is 1. The Hall–Kier alpha value is -2.30. The highest BCUT2D eigenvalue weighted by Crippen LogP contribution is 2.15. The van der Waals surface area contributed by atoms with Crippen LogP contribution in [0.25, 0.3) is 0 Å². The molecule has 0 saturated carbocycles. The first-order valence-corrected chi connectivity index (χ1v) is 10.6. The summed E-state index contributed by atoms with van der Waals surface area (Å²) in [6, 6.07) is 8.40. The molecule has 1 aromatic heterocycles. The quantitative estimate of drug-likeness (QED) is 0.800. The van der Waals surface area contributed by atoms with E-state index in [-0.39, 0.29) is 22.6 Å². The molecule has 0 radical (unpaired) electrons. The molecule has 1 aliphatic heterocycles. The summed E-state index contributed by atoms with van der Waals surface area (Å²) < 4.78 is 39.5. The first-order chi connectivity index (χ1) is 12.9. The Morgan fingerprint density at radius 3 is 2.26 bits per heavy atom. The highest BCUT2D eigenvalue weighted by Gasteiger charge is 2.26. The zero-order chi connectivity index (χ0) is 19.4. The average Bonchev–Trinajstić information content (AvgIpc) is 3.22. The summed E-state index contributed by atoms with van der Waals surface area (Å²) in [6.07, 6.45) is 0. The van der Waals surface area contributed by atoms with Crippen LogP contribution in [0, 0.1) is 5.82 Å². The maximum absolute atomic E-state index is 13.0. The van der Waals surface area contributed by atoms with Crippen molar-refractivity contribution in [2.24, 2.45) is 0 Å². The molecule has 0 unspecified atom stereocenters. The van der Waals surface area contributed by atoms with Crippen LogP contribution in [0.15, 0.2) is 46.0 Å². The van der Waals surface area contributed by atoms with Gasteiger partial charge in [0.2, 0.25) is 5.91 Å². The third kappa shape index (κ3) is 4.71. The van der Waals surface area contributed by atoms with E-state index in [9.17, 15) is 22.4 Å². The van der Waals surface area contributed by atoms with Crippen molar-refractivity contribution in [3.05, 3.63) is 53.2 Å². The summed E-state index contributed by atoms with van der Waals surface area (Å²) in [6.45, 7) is 0.963. The van der Waals surface area contributed by atoms with Gasteiger partial charge in [-0.1, -0.05) is 6.07 Å². The third-order valence-corrected chi connectivity index (χ3v) is 6.98. The molecule has 1 aliphatic rings. The Bertz CT molecular complexity index is 906. The van der Waals surface area contributed by atoms with E-state index in [1.807, 2.05) is 0 Å². The Morgan fingerprint density at radius 2 is 1.67 bits per heavy atom. The molecule has 0 bridgehead atoms. The van der Waals surface area contributed by atoms with E-state index in [0.29, 0.717) is 31.7 Å². The molecular weight excluding hydrogens is 393 g/mol. The predicted octanol–water partition coefficient (Wildman–Crippen LogP) is 1.15. The van der Waals surface area contributed by atoms with Gasteiger partial charge in [-0.3, -0.25) is 9.59 Å². The molecule has 3 rings (SSSR count). The molecule has 1 N–H and O–H groups in total. The minimum absolute atomic E-state index is 0.157. The Labute approximate surface area is 160 Å². The van der Waals surface area contributed by atoms with E-state index >= 15 is 0 Å². The van der Waals surface area contributed by atoms with Crippen LogP contribution in [0.2, 0.25) is 0 Å². The topological polar surface area (TPSA) is 86.8 Å². The van der Waals surface area contributed by atoms with Crippen LogP contribution in [0.5, 0.6) is 0 Å². The molecule has 0 aliphatic carbocycles. The lowest BCUT2D eigenvalue weighted by Crippen LogP contribution is -2.52. The van der Waals surface area contributed by atoms with Crippen LogP contribution in [0.1, 0.15) is 10.4 Å². The molecule has 1 aromatic carbocycles. The van der Waals surface area contributed by atoms with Gasteiger partial charge in [-0.25, -0.2) is 17.5 Å². The lowest BCUT2D eigenvalue weighted by atomic mass is 10.2. The van der Waals surface area contributed by atoms with Crippen LogP contribution in [-0.2, 0) is 14.8 Å². The molecule has 144 valence electrons. The summed E-state index contributed by atoms with van der Waals surface area (Å²) in [4.78, 5) is 27.8. The van der Waals surface area contributed by atoms with Crippen LogP contribution in [0.4, 0.5) is 4.39 Å². The largest absolute Gasteiger partial charge is 0.338 e. The summed E-state index contributed by atoms with van der Waals surface area (Å²) >= 11 is 1.08. The van der Waals surface area contributed by atoms with E-state index in [0.717, 1.165) is 11.3 Å². The third-order valence-electron chi connectivity index (χ3n) is 4.18. The molecule has 1 fully saturated rings. The molecule has 7 nitrogen and oxygen atoms in total. The fourth-order valence-electron chi connectivity index (χ4n) is 2.69. The van der Waals surface area contributed by atoms with Gasteiger partial charge in [0.05, 0.1) is 6.54 Å². The SMILES string of the molecule is O=C(CNS(=O)(=O)c1cccs1)N1CCN(C(=O)c2ccc(F)cc2)CC1. The molecule has 2 amide bonds. The number of nitrogens with zero attached hydrogens (tertiary/aromatic N) is 2. The summed E-state index contributed by atoms with van der Waals surface area (Å²) in [5, 5.41) is 1.65. The Morgan fingerprint density at radius 1 is 1.04 bits per heavy atom. The second-order valence-corrected chi connectivity index (χ2v) is 8.88. The number of carbonyl (C=O) groups is 2. The van der Waals surface area contributed by atoms with E-state index < -0.39 is 15.8 Å². The Balaban J connectivity index is 1.50. The molecule has 0 atom stereocenters. The van der Waals surface area contributed by atoms with Crippen molar-refractivity contribution < 1.29 is 22.4 Å². The number of halogens is 1. The minimum atomic E-state index is -3.69. The van der Waals surface area contributed by atoms with Crippen LogP contribution in [-0.4, -0.2) is 62.8 Å². The number of carbonyl (C=O) groups excluding carboxylic acids is 2. The number of hydrogen-bond acceptors (Lipinski definition) is 5. The number of benzene rings is 1. The van der Waals surface area contributed by atoms with Crippen molar-refractivity contribution in [1.82, 2.24) is 14.5 Å². The van der Waals surface area contributed by atoms with Gasteiger partial charge in [-0.2, -0.15) is 0 Å². The Kier molecular flexibility index (Phi) is 5.88. The molecule has 2 heterocycles. The normalized spacial score (nSPS) is 15.0. The smallest absolute Gasteiger partial charge is 0.253 e. The van der Waals surface area contributed by atoms with Gasteiger partial charge in [0.25, 0.3) is 15.9 Å². The van der Waals surface area contributed by atoms with E-state index in [4.69, 9.17) is 0 Å². The zero-order valence-corrected chi connectivity index (χ0v) is 15.9. The monoisotopic (exact) mass is 411 g/mol. The molecule has 10 heteroatoms. The van der Waals surface area contributed by atoms with Gasteiger partial charge in [-0.15, -0.1) is 11.3 Å². The molecule has 0 spiro atoms. The number of piperazine rings is 1. The van der Waals surface area contributed by atoms with Gasteiger partial charge in [0.15, 0.2) is 0 Å². The van der Waals surface area contributed by atoms with Crippen molar-refractivity contribution in [3.8, 4) is 0 Å². The molecule has 2 aromatic rings. The second kappa shape index (κ2) is 8.15. The number of rotatable bonds is 5. The second-order valence-electron chi connectivity index (χ2n) is 5.94. The van der Waals surface area contributed by atoms with Crippen molar-refractivity contribution in [2.75, 3.05) is 32.7 Å². The summed E-state index contributed by atoms with van der Waals surface area (Å²) in [5.41, 5.74) is 0.389. The molecule has 1 saturated heterocycles. The van der Waals surface area contributed by atoms with Crippen LogP contribution >= 0.6 is 11.3 Å². The van der Waals surface area contributed by atoms with Crippen molar-refractivity contribution in [2.45, 2.75) is 4.21 Å². The zero-order valence-electron chi connectivity index (χ0n) is 14.3. The number of nitrogens with one attached hydrogen (secondary N) is 1. The van der Waals surface area contributed by atoms with E-state index in [2.05, 4.69) is 4.72 Å². The first kappa shape index (κ1) is 19.5. The minimum Gasteiger partial charge on any atom is -0.338 e. The summed E-state index contributed by atoms with van der Waals surface area (Å²) in [5.74, 6) is -0.975. The molecule has 27 heavy (non-hydrogen) atoms. The highest BCUT2D eigenvalue weighted by atomic mass is 32.2. The van der Waals surface area contributed by atoms with Crippen molar-refractivity contribution in [1.29, 1.82) is 0 Å².